The summed E-state index contributed by atoms with van der Waals surface area (Å²) in [7, 11) is 1.55. The Morgan fingerprint density at radius 3 is 2.70 bits per heavy atom. The average molecular weight is 274 g/mol. The molecule has 20 heavy (non-hydrogen) atoms. The molecule has 0 radical (unpaired) electrons. The summed E-state index contributed by atoms with van der Waals surface area (Å²) in [6.07, 6.45) is 0. The molecule has 0 fully saturated rings. The molecule has 6 heteroatoms. The zero-order valence-electron chi connectivity index (χ0n) is 11.7. The lowest BCUT2D eigenvalue weighted by atomic mass is 10.1. The smallest absolute Gasteiger partial charge is 0.258 e. The normalized spacial score (nSPS) is 10.6. The summed E-state index contributed by atoms with van der Waals surface area (Å²) in [5.41, 5.74) is 7.55. The molecule has 4 N–H and O–H groups in total. The first kappa shape index (κ1) is 13.9. The van der Waals surface area contributed by atoms with Crippen molar-refractivity contribution >= 4 is 17.4 Å². The number of ether oxygens (including phenoxy) is 1. The van der Waals surface area contributed by atoms with Gasteiger partial charge in [-0.15, -0.1) is 0 Å². The number of nitrogens with two attached hydrogens (primary N) is 1. The Balaban J connectivity index is 2.15. The number of hydrogen-bond acceptors (Lipinski definition) is 4. The number of rotatable bonds is 4. The van der Waals surface area contributed by atoms with E-state index in [1.54, 1.807) is 25.3 Å². The molecular weight excluding hydrogens is 256 g/mol. The first-order valence-electron chi connectivity index (χ1n) is 6.31. The maximum absolute atomic E-state index is 12.1. The van der Waals surface area contributed by atoms with Gasteiger partial charge in [0, 0.05) is 23.5 Å². The fraction of sp³-hybridized carbons (Fsp3) is 0.286. The van der Waals surface area contributed by atoms with Gasteiger partial charge in [-0.25, -0.2) is 0 Å². The van der Waals surface area contributed by atoms with Crippen LogP contribution in [0.15, 0.2) is 24.3 Å². The third-order valence-corrected chi connectivity index (χ3v) is 2.96. The first-order valence-corrected chi connectivity index (χ1v) is 6.31. The molecule has 0 aliphatic heterocycles. The molecule has 0 unspecified atom stereocenters. The predicted octanol–water partition coefficient (Wildman–Crippen LogP) is 2.38. The third-order valence-electron chi connectivity index (χ3n) is 2.96. The molecule has 1 aromatic carbocycles. The van der Waals surface area contributed by atoms with E-state index in [2.05, 4.69) is 15.5 Å². The number of carbonyl (C=O) groups excluding carboxylic acids is 1. The fourth-order valence-corrected chi connectivity index (χ4v) is 1.75. The van der Waals surface area contributed by atoms with Crippen LogP contribution in [0, 0.1) is 0 Å². The Hall–Kier alpha value is -2.50. The molecule has 1 aromatic heterocycles. The molecule has 6 nitrogen and oxygen atoms in total. The van der Waals surface area contributed by atoms with Gasteiger partial charge in [0.05, 0.1) is 12.7 Å². The minimum Gasteiger partial charge on any atom is -0.497 e. The molecule has 0 spiro atoms. The second kappa shape index (κ2) is 5.64. The van der Waals surface area contributed by atoms with Crippen molar-refractivity contribution in [2.45, 2.75) is 19.8 Å². The zero-order valence-corrected chi connectivity index (χ0v) is 11.7. The van der Waals surface area contributed by atoms with Gasteiger partial charge in [0.25, 0.3) is 5.91 Å². The summed E-state index contributed by atoms with van der Waals surface area (Å²) >= 11 is 0. The van der Waals surface area contributed by atoms with E-state index < -0.39 is 0 Å². The molecule has 0 aliphatic rings. The largest absolute Gasteiger partial charge is 0.497 e. The Kier molecular flexibility index (Phi) is 3.93. The minimum absolute atomic E-state index is 0.299. The van der Waals surface area contributed by atoms with Gasteiger partial charge >= 0.3 is 0 Å². The zero-order chi connectivity index (χ0) is 14.7. The second-order valence-corrected chi connectivity index (χ2v) is 4.77. The van der Waals surface area contributed by atoms with E-state index in [4.69, 9.17) is 10.5 Å². The van der Waals surface area contributed by atoms with Gasteiger partial charge in [-0.3, -0.25) is 9.89 Å². The van der Waals surface area contributed by atoms with Crippen molar-refractivity contribution in [3.05, 3.63) is 35.5 Å². The molecule has 0 saturated carbocycles. The van der Waals surface area contributed by atoms with Crippen LogP contribution < -0.4 is 15.8 Å². The van der Waals surface area contributed by atoms with Crippen molar-refractivity contribution in [3.8, 4) is 5.75 Å². The molecule has 2 rings (SSSR count). The van der Waals surface area contributed by atoms with Crippen molar-refractivity contribution in [2.24, 2.45) is 0 Å². The fourth-order valence-electron chi connectivity index (χ4n) is 1.75. The number of nitrogens with zero attached hydrogens (tertiary/aromatic N) is 1. The topological polar surface area (TPSA) is 93.0 Å². The average Bonchev–Trinajstić information content (AvgIpc) is 2.87. The highest BCUT2D eigenvalue weighted by molar-refractivity contribution is 6.07. The number of anilines is 2. The first-order chi connectivity index (χ1) is 9.51. The highest BCUT2D eigenvalue weighted by Crippen LogP contribution is 2.21. The van der Waals surface area contributed by atoms with E-state index in [0.717, 1.165) is 5.69 Å². The van der Waals surface area contributed by atoms with Crippen LogP contribution in [0.4, 0.5) is 11.5 Å². The van der Waals surface area contributed by atoms with Crippen molar-refractivity contribution in [1.82, 2.24) is 10.2 Å². The summed E-state index contributed by atoms with van der Waals surface area (Å²) in [6.45, 7) is 4.08. The van der Waals surface area contributed by atoms with Gasteiger partial charge in [0.1, 0.15) is 5.75 Å². The molecule has 1 heterocycles. The Morgan fingerprint density at radius 1 is 1.40 bits per heavy atom. The SMILES string of the molecule is COc1ccc(C(=O)Nc2cc(C(C)C)[nH]n2)c(N)c1. The standard InChI is InChI=1S/C14H18N4O2/c1-8(2)12-7-13(18-17-12)16-14(19)10-5-4-9(20-3)6-11(10)15/h4-8H,15H2,1-3H3,(H2,16,17,18,19). The van der Waals surface area contributed by atoms with Gasteiger partial charge in [-0.05, 0) is 18.1 Å². The molecule has 106 valence electrons. The minimum atomic E-state index is -0.299. The molecule has 2 aromatic rings. The number of aromatic nitrogens is 2. The number of aromatic amines is 1. The summed E-state index contributed by atoms with van der Waals surface area (Å²) in [5, 5.41) is 9.63. The predicted molar refractivity (Wildman–Crippen MR) is 78.0 cm³/mol. The van der Waals surface area contributed by atoms with Gasteiger partial charge in [0.15, 0.2) is 5.82 Å². The highest BCUT2D eigenvalue weighted by atomic mass is 16.5. The molecule has 0 aliphatic carbocycles. The van der Waals surface area contributed by atoms with E-state index in [0.29, 0.717) is 28.7 Å². The molecule has 0 saturated heterocycles. The van der Waals surface area contributed by atoms with Crippen LogP contribution in [0.25, 0.3) is 0 Å². The number of nitrogen functional groups attached to an aromatic ring is 1. The number of amides is 1. The van der Waals surface area contributed by atoms with Crippen LogP contribution >= 0.6 is 0 Å². The van der Waals surface area contributed by atoms with Gasteiger partial charge in [-0.1, -0.05) is 13.8 Å². The van der Waals surface area contributed by atoms with E-state index in [9.17, 15) is 4.79 Å². The summed E-state index contributed by atoms with van der Waals surface area (Å²) in [6, 6.07) is 6.73. The van der Waals surface area contributed by atoms with Crippen LogP contribution in [0.1, 0.15) is 35.8 Å². The molecule has 1 amide bonds. The van der Waals surface area contributed by atoms with Crippen molar-refractivity contribution in [2.75, 3.05) is 18.2 Å². The lowest BCUT2D eigenvalue weighted by Crippen LogP contribution is -2.14. The van der Waals surface area contributed by atoms with Gasteiger partial charge in [0.2, 0.25) is 0 Å². The van der Waals surface area contributed by atoms with Crippen molar-refractivity contribution in [3.63, 3.8) is 0 Å². The maximum atomic E-state index is 12.1. The summed E-state index contributed by atoms with van der Waals surface area (Å²) < 4.78 is 5.05. The molecular formula is C14H18N4O2. The van der Waals surface area contributed by atoms with Crippen molar-refractivity contribution in [1.29, 1.82) is 0 Å². The number of H-pyrrole nitrogens is 1. The Morgan fingerprint density at radius 2 is 2.15 bits per heavy atom. The lowest BCUT2D eigenvalue weighted by Gasteiger charge is -2.07. The van der Waals surface area contributed by atoms with E-state index >= 15 is 0 Å². The quantitative estimate of drug-likeness (QED) is 0.746. The number of hydrogen-bond donors (Lipinski definition) is 3. The van der Waals surface area contributed by atoms with Crippen LogP contribution in [0.2, 0.25) is 0 Å². The molecule has 0 bridgehead atoms. The highest BCUT2D eigenvalue weighted by Gasteiger charge is 2.13. The number of nitrogens with one attached hydrogen (secondary N) is 2. The van der Waals surface area contributed by atoms with E-state index in [-0.39, 0.29) is 5.91 Å². The van der Waals surface area contributed by atoms with E-state index in [1.165, 1.54) is 0 Å². The Labute approximate surface area is 117 Å². The number of methoxy groups -OCH3 is 1. The van der Waals surface area contributed by atoms with Crippen LogP contribution in [0.3, 0.4) is 0 Å². The lowest BCUT2D eigenvalue weighted by molar-refractivity contribution is 0.102. The van der Waals surface area contributed by atoms with Crippen molar-refractivity contribution < 1.29 is 9.53 Å². The molecule has 0 atom stereocenters. The van der Waals surface area contributed by atoms with E-state index in [1.807, 2.05) is 19.9 Å². The second-order valence-electron chi connectivity index (χ2n) is 4.77. The summed E-state index contributed by atoms with van der Waals surface area (Å²) in [4.78, 5) is 12.1. The van der Waals surface area contributed by atoms with Gasteiger partial charge < -0.3 is 15.8 Å². The third kappa shape index (κ3) is 2.90. The van der Waals surface area contributed by atoms with Crippen LogP contribution in [-0.4, -0.2) is 23.2 Å². The number of carbonyl (C=O) groups is 1. The monoisotopic (exact) mass is 274 g/mol. The summed E-state index contributed by atoms with van der Waals surface area (Å²) in [5.74, 6) is 1.11. The number of benzene rings is 1. The van der Waals surface area contributed by atoms with Crippen LogP contribution in [0.5, 0.6) is 5.75 Å². The van der Waals surface area contributed by atoms with Gasteiger partial charge in [-0.2, -0.15) is 5.10 Å². The Bertz CT molecular complexity index is 619. The van der Waals surface area contributed by atoms with Crippen LogP contribution in [-0.2, 0) is 0 Å². The maximum Gasteiger partial charge on any atom is 0.258 e.